The Balaban J connectivity index is 1.18. The summed E-state index contributed by atoms with van der Waals surface area (Å²) in [5.74, 6) is -3.68. The van der Waals surface area contributed by atoms with Crippen LogP contribution in [0, 0.1) is 23.7 Å². The third-order valence-corrected chi connectivity index (χ3v) is 16.3. The van der Waals surface area contributed by atoms with E-state index in [1.807, 2.05) is 0 Å². The van der Waals surface area contributed by atoms with Gasteiger partial charge in [-0.05, 0) is 6.92 Å². The number of rotatable bonds is 19. The van der Waals surface area contributed by atoms with Gasteiger partial charge in [-0.3, -0.25) is 0 Å². The topological polar surface area (TPSA) is 484 Å². The number of aliphatic hydroxyl groups excluding tert-OH is 18. The monoisotopic (exact) mass is 1140 g/mol. The molecule has 456 valence electrons. The molecule has 7 saturated heterocycles. The van der Waals surface area contributed by atoms with Crippen LogP contribution >= 0.6 is 0 Å². The molecule has 0 aliphatic carbocycles. The molecule has 0 aromatic rings. The molecule has 18 N–H and O–H groups in total. The van der Waals surface area contributed by atoms with Gasteiger partial charge in [-0.2, -0.15) is 0 Å². The number of hydrogen-bond donors (Lipinski definition) is 18. The van der Waals surface area contributed by atoms with Gasteiger partial charge >= 0.3 is 0 Å². The van der Waals surface area contributed by atoms with E-state index in [1.54, 1.807) is 13.8 Å². The molecule has 7 aliphatic rings. The Hall–Kier alpha value is -1.24. The van der Waals surface area contributed by atoms with E-state index in [4.69, 9.17) is 61.6 Å². The van der Waals surface area contributed by atoms with E-state index >= 15 is 0 Å². The lowest BCUT2D eigenvalue weighted by molar-refractivity contribution is -0.398. The van der Waals surface area contributed by atoms with Gasteiger partial charge in [-0.15, -0.1) is 0 Å². The van der Waals surface area contributed by atoms with Crippen molar-refractivity contribution in [2.24, 2.45) is 23.7 Å². The second-order valence-electron chi connectivity index (χ2n) is 21.4. The van der Waals surface area contributed by atoms with Crippen LogP contribution in [-0.4, -0.2) is 329 Å². The van der Waals surface area contributed by atoms with E-state index < -0.39 is 260 Å². The normalized spacial score (nSPS) is 53.5. The number of ether oxygens (including phenoxy) is 13. The molecule has 0 aromatic heterocycles. The van der Waals surface area contributed by atoms with Crippen molar-refractivity contribution in [2.75, 3.05) is 46.2 Å². The maximum Gasteiger partial charge on any atom is 0.187 e. The summed E-state index contributed by atoms with van der Waals surface area (Å²) in [7, 11) is 0. The molecule has 0 bridgehead atoms. The highest BCUT2D eigenvalue weighted by molar-refractivity contribution is 5.00. The van der Waals surface area contributed by atoms with Crippen LogP contribution in [0.15, 0.2) is 0 Å². The second-order valence-corrected chi connectivity index (χ2v) is 21.4. The molecule has 7 aliphatic heterocycles. The van der Waals surface area contributed by atoms with E-state index in [-0.39, 0.29) is 0 Å². The second kappa shape index (κ2) is 27.6. The van der Waals surface area contributed by atoms with Gasteiger partial charge < -0.3 is 153 Å². The van der Waals surface area contributed by atoms with Gasteiger partial charge in [-0.25, -0.2) is 0 Å². The molecule has 7 heterocycles. The fraction of sp³-hybridized carbons (Fsp3) is 1.00. The predicted octanol–water partition coefficient (Wildman–Crippen LogP) is -10.1. The lowest BCUT2D eigenvalue weighted by Crippen LogP contribution is -2.67. The quantitative estimate of drug-likeness (QED) is 0.0571. The molecule has 31 nitrogen and oxygen atoms in total. The van der Waals surface area contributed by atoms with Crippen LogP contribution in [0.5, 0.6) is 0 Å². The van der Waals surface area contributed by atoms with Crippen LogP contribution in [0.25, 0.3) is 0 Å². The summed E-state index contributed by atoms with van der Waals surface area (Å²) in [5.41, 5.74) is 0. The van der Waals surface area contributed by atoms with E-state index in [0.717, 1.165) is 0 Å². The van der Waals surface area contributed by atoms with Gasteiger partial charge in [0.2, 0.25) is 0 Å². The third-order valence-electron chi connectivity index (χ3n) is 16.3. The highest BCUT2D eigenvalue weighted by Crippen LogP contribution is 2.39. The Bertz CT molecular complexity index is 1810. The van der Waals surface area contributed by atoms with Crippen molar-refractivity contribution < 1.29 is 153 Å². The molecule has 78 heavy (non-hydrogen) atoms. The first-order valence-corrected chi connectivity index (χ1v) is 26.3. The van der Waals surface area contributed by atoms with Crippen molar-refractivity contribution in [3.05, 3.63) is 0 Å². The fourth-order valence-corrected chi connectivity index (χ4v) is 10.8. The largest absolute Gasteiger partial charge is 0.394 e. The molecule has 0 spiro atoms. The van der Waals surface area contributed by atoms with Gasteiger partial charge in [0.1, 0.15) is 122 Å². The highest BCUT2D eigenvalue weighted by Gasteiger charge is 2.58. The molecule has 31 heteroatoms. The average molecular weight is 1140 g/mol. The minimum atomic E-state index is -2.19. The molecule has 0 amide bonds. The standard InChI is InChI=1S/C47H82O31/c1-13-17(5)67-22(10-52)37(27(13)56)74-44-16(4)28(57)38(23(11-53)72-44)75-45-36(65)39(76-47-41(35(64)32(61)21(9-51)71-47)78-43-15(3)26(55)30(59)19(7-49)69-43)33(62)24(73-45)12-66-46-40(34(63)31(60)20(8-50)70-46)77-42-14(2)25(54)29(58)18(6-48)68-42/h13-65H,6-12H2,1-5H3. The molecule has 0 aromatic carbocycles. The fourth-order valence-electron chi connectivity index (χ4n) is 10.8. The van der Waals surface area contributed by atoms with Crippen LogP contribution in [0.2, 0.25) is 0 Å². The zero-order valence-electron chi connectivity index (χ0n) is 43.5. The molecule has 7 fully saturated rings. The Kier molecular flexibility index (Phi) is 22.8. The van der Waals surface area contributed by atoms with Gasteiger partial charge in [0, 0.05) is 23.7 Å². The minimum absolute atomic E-state index is 0.471. The van der Waals surface area contributed by atoms with Gasteiger partial charge in [-0.1, -0.05) is 27.7 Å². The SMILES string of the molecule is CC1OC(CO)C(OC2OC(CO)C(OC3OC(COC4OC(CO)C(O)C(O)C4OC4OC(CO)C(O)C(O)C4C)C(O)C(OC4OC(CO)C(O)C(O)C4OC4OC(CO)C(O)C(O)C4C)C3O)C(O)C2C)C(O)C1C. The molecule has 7 rings (SSSR count). The van der Waals surface area contributed by atoms with Gasteiger partial charge in [0.25, 0.3) is 0 Å². The summed E-state index contributed by atoms with van der Waals surface area (Å²) in [6, 6.07) is 0. The highest BCUT2D eigenvalue weighted by atomic mass is 16.8. The molecule has 0 radical (unpaired) electrons. The minimum Gasteiger partial charge on any atom is -0.394 e. The average Bonchev–Trinajstić information content (AvgIpc) is 3.52. The van der Waals surface area contributed by atoms with Crippen molar-refractivity contribution >= 4 is 0 Å². The van der Waals surface area contributed by atoms with E-state index in [2.05, 4.69) is 0 Å². The maximum absolute atomic E-state index is 12.2. The summed E-state index contributed by atoms with van der Waals surface area (Å²) >= 11 is 0. The first-order chi connectivity index (χ1) is 37.0. The Morgan fingerprint density at radius 1 is 0.256 bits per heavy atom. The number of hydrogen-bond acceptors (Lipinski definition) is 31. The van der Waals surface area contributed by atoms with Crippen molar-refractivity contribution in [1.82, 2.24) is 0 Å². The molecule has 0 saturated carbocycles. The van der Waals surface area contributed by atoms with Crippen LogP contribution in [0.4, 0.5) is 0 Å². The summed E-state index contributed by atoms with van der Waals surface area (Å²) in [4.78, 5) is 0. The maximum atomic E-state index is 12.2. The van der Waals surface area contributed by atoms with Crippen molar-refractivity contribution in [3.8, 4) is 0 Å². The van der Waals surface area contributed by atoms with Crippen LogP contribution < -0.4 is 0 Å². The summed E-state index contributed by atoms with van der Waals surface area (Å²) in [6.07, 6.45) is -50.7. The molecular formula is C47H82O31. The molecule has 35 atom stereocenters. The van der Waals surface area contributed by atoms with Crippen molar-refractivity contribution in [2.45, 2.75) is 225 Å². The first kappa shape index (κ1) is 64.3. The zero-order chi connectivity index (χ0) is 57.3. The predicted molar refractivity (Wildman–Crippen MR) is 248 cm³/mol. The molecular weight excluding hydrogens is 1060 g/mol. The summed E-state index contributed by atoms with van der Waals surface area (Å²) in [6.45, 7) is 1.95. The van der Waals surface area contributed by atoms with Crippen LogP contribution in [0.1, 0.15) is 34.6 Å². The van der Waals surface area contributed by atoms with Crippen LogP contribution in [0.3, 0.4) is 0 Å². The van der Waals surface area contributed by atoms with Crippen molar-refractivity contribution in [1.29, 1.82) is 0 Å². The Labute approximate surface area is 447 Å². The Morgan fingerprint density at radius 2 is 0.577 bits per heavy atom. The lowest BCUT2D eigenvalue weighted by atomic mass is 9.88. The smallest absolute Gasteiger partial charge is 0.187 e. The van der Waals surface area contributed by atoms with Crippen molar-refractivity contribution in [3.63, 3.8) is 0 Å². The zero-order valence-corrected chi connectivity index (χ0v) is 43.5. The lowest BCUT2D eigenvalue weighted by Gasteiger charge is -2.50. The van der Waals surface area contributed by atoms with Crippen LogP contribution in [-0.2, 0) is 61.6 Å². The van der Waals surface area contributed by atoms with E-state index in [0.29, 0.717) is 0 Å². The summed E-state index contributed by atoms with van der Waals surface area (Å²) < 4.78 is 77.7. The first-order valence-electron chi connectivity index (χ1n) is 26.3. The number of aliphatic hydroxyl groups is 18. The van der Waals surface area contributed by atoms with E-state index in [9.17, 15) is 91.9 Å². The summed E-state index contributed by atoms with van der Waals surface area (Å²) in [5, 5.41) is 195. The van der Waals surface area contributed by atoms with Gasteiger partial charge in [0.15, 0.2) is 37.7 Å². The Morgan fingerprint density at radius 3 is 1.04 bits per heavy atom. The van der Waals surface area contributed by atoms with E-state index in [1.165, 1.54) is 20.8 Å². The third kappa shape index (κ3) is 13.2. The molecule has 35 unspecified atom stereocenters. The van der Waals surface area contributed by atoms with Gasteiger partial charge in [0.05, 0.1) is 76.8 Å².